The zero-order chi connectivity index (χ0) is 22.5. The number of aromatic nitrogens is 1. The summed E-state index contributed by atoms with van der Waals surface area (Å²) >= 11 is 0. The maximum absolute atomic E-state index is 12.7. The molecule has 31 heavy (non-hydrogen) atoms. The molecule has 1 aliphatic rings. The van der Waals surface area contributed by atoms with Crippen molar-refractivity contribution < 1.29 is 33.7 Å². The Hall–Kier alpha value is -3.20. The lowest BCUT2D eigenvalue weighted by Crippen LogP contribution is -2.12. The van der Waals surface area contributed by atoms with Gasteiger partial charge in [0.2, 0.25) is 5.75 Å². The number of aliphatic hydroxyl groups excluding tert-OH is 1. The number of methoxy groups -OCH3 is 3. The number of carbonyl (C=O) groups excluding carboxylic acids is 1. The number of aliphatic hydroxyl groups is 1. The molecule has 0 saturated heterocycles. The van der Waals surface area contributed by atoms with Crippen molar-refractivity contribution in [3.05, 3.63) is 29.1 Å². The maximum Gasteiger partial charge on any atom is 0.355 e. The standard InChI is InChI=1S/C22H28N2O7/c1-6-31-22(26)18-17(19(25)12-7-8-12)16(14(24-18)11-23-30-5)13-9-10-15(27-2)21(29-4)20(13)28-3/h9-12,19,24-25H,6-8H2,1-5H3/b23-11+. The van der Waals surface area contributed by atoms with E-state index in [2.05, 4.69) is 10.1 Å². The van der Waals surface area contributed by atoms with E-state index in [0.29, 0.717) is 39.6 Å². The van der Waals surface area contributed by atoms with Crippen LogP contribution in [0.25, 0.3) is 11.1 Å². The van der Waals surface area contributed by atoms with Gasteiger partial charge < -0.3 is 33.9 Å². The molecule has 1 aromatic carbocycles. The van der Waals surface area contributed by atoms with E-state index in [4.69, 9.17) is 23.8 Å². The largest absolute Gasteiger partial charge is 0.493 e. The van der Waals surface area contributed by atoms with Gasteiger partial charge >= 0.3 is 5.97 Å². The predicted molar refractivity (Wildman–Crippen MR) is 114 cm³/mol. The number of esters is 1. The molecule has 2 N–H and O–H groups in total. The molecule has 9 heteroatoms. The van der Waals surface area contributed by atoms with Crippen LogP contribution >= 0.6 is 0 Å². The topological polar surface area (TPSA) is 112 Å². The molecule has 9 nitrogen and oxygen atoms in total. The lowest BCUT2D eigenvalue weighted by Gasteiger charge is -2.18. The Labute approximate surface area is 180 Å². The first-order chi connectivity index (χ1) is 15.0. The number of nitrogens with one attached hydrogen (secondary N) is 1. The van der Waals surface area contributed by atoms with Crippen molar-refractivity contribution in [2.45, 2.75) is 25.9 Å². The molecule has 168 valence electrons. The van der Waals surface area contributed by atoms with Crippen molar-refractivity contribution in [3.8, 4) is 28.4 Å². The van der Waals surface area contributed by atoms with Crippen LogP contribution < -0.4 is 14.2 Å². The van der Waals surface area contributed by atoms with Crippen molar-refractivity contribution in [3.63, 3.8) is 0 Å². The third-order valence-electron chi connectivity index (χ3n) is 5.17. The van der Waals surface area contributed by atoms with Gasteiger partial charge in [-0.2, -0.15) is 0 Å². The molecule has 2 aromatic rings. The highest BCUT2D eigenvalue weighted by atomic mass is 16.6. The molecule has 0 aliphatic heterocycles. The molecule has 1 aromatic heterocycles. The van der Waals surface area contributed by atoms with Crippen LogP contribution in [-0.4, -0.2) is 57.3 Å². The molecule has 0 amide bonds. The van der Waals surface area contributed by atoms with Crippen molar-refractivity contribution in [2.75, 3.05) is 35.0 Å². The second-order valence-electron chi connectivity index (χ2n) is 7.00. The van der Waals surface area contributed by atoms with Crippen LogP contribution in [0.3, 0.4) is 0 Å². The average molecular weight is 432 g/mol. The summed E-state index contributed by atoms with van der Waals surface area (Å²) < 4.78 is 21.8. The lowest BCUT2D eigenvalue weighted by molar-refractivity contribution is 0.0511. The average Bonchev–Trinajstić information content (AvgIpc) is 3.56. The van der Waals surface area contributed by atoms with Crippen LogP contribution in [0.15, 0.2) is 17.3 Å². The Bertz CT molecular complexity index is 963. The first-order valence-electron chi connectivity index (χ1n) is 9.99. The molecule has 1 heterocycles. The van der Waals surface area contributed by atoms with Crippen molar-refractivity contribution in [1.29, 1.82) is 0 Å². The number of oxime groups is 1. The quantitative estimate of drug-likeness (QED) is 0.337. The number of hydrogen-bond acceptors (Lipinski definition) is 8. The Morgan fingerprint density at radius 3 is 2.45 bits per heavy atom. The molecular formula is C22H28N2O7. The van der Waals surface area contributed by atoms with Gasteiger partial charge in [0.05, 0.1) is 45.9 Å². The fourth-order valence-corrected chi connectivity index (χ4v) is 3.63. The SMILES string of the molecule is CCOC(=O)c1[nH]c(/C=N/OC)c(-c2ccc(OC)c(OC)c2OC)c1C(O)C1CC1. The minimum absolute atomic E-state index is 0.0566. The summed E-state index contributed by atoms with van der Waals surface area (Å²) in [6, 6.07) is 3.52. The Morgan fingerprint density at radius 2 is 1.90 bits per heavy atom. The van der Waals surface area contributed by atoms with Gasteiger partial charge in [0.25, 0.3) is 0 Å². The first-order valence-corrected chi connectivity index (χ1v) is 9.99. The number of benzene rings is 1. The first kappa shape index (κ1) is 22.5. The highest BCUT2D eigenvalue weighted by Gasteiger charge is 2.38. The third kappa shape index (κ3) is 4.32. The molecule has 0 spiro atoms. The molecule has 3 rings (SSSR count). The summed E-state index contributed by atoms with van der Waals surface area (Å²) in [6.07, 6.45) is 2.32. The minimum Gasteiger partial charge on any atom is -0.493 e. The lowest BCUT2D eigenvalue weighted by atomic mass is 9.93. The highest BCUT2D eigenvalue weighted by Crippen LogP contribution is 2.50. The van der Waals surface area contributed by atoms with Gasteiger partial charge in [-0.3, -0.25) is 0 Å². The summed E-state index contributed by atoms with van der Waals surface area (Å²) in [5.74, 6) is 0.771. The van der Waals surface area contributed by atoms with E-state index in [1.165, 1.54) is 34.7 Å². The fourth-order valence-electron chi connectivity index (χ4n) is 3.63. The summed E-state index contributed by atoms with van der Waals surface area (Å²) in [5, 5.41) is 15.0. The van der Waals surface area contributed by atoms with Gasteiger partial charge in [0, 0.05) is 16.7 Å². The van der Waals surface area contributed by atoms with E-state index in [0.717, 1.165) is 12.8 Å². The van der Waals surface area contributed by atoms with Crippen LogP contribution in [0.5, 0.6) is 17.2 Å². The second-order valence-corrected chi connectivity index (χ2v) is 7.00. The Kier molecular flexibility index (Phi) is 7.06. The van der Waals surface area contributed by atoms with Gasteiger partial charge in [0.1, 0.15) is 12.8 Å². The summed E-state index contributed by atoms with van der Waals surface area (Å²) in [6.45, 7) is 1.93. The van der Waals surface area contributed by atoms with E-state index in [1.807, 2.05) is 0 Å². The Morgan fingerprint density at radius 1 is 1.19 bits per heavy atom. The molecule has 1 unspecified atom stereocenters. The normalized spacial score (nSPS) is 14.4. The number of nitrogens with zero attached hydrogens (tertiary/aromatic N) is 1. The number of H-pyrrole nitrogens is 1. The molecule has 0 radical (unpaired) electrons. The second kappa shape index (κ2) is 9.74. The number of aromatic amines is 1. The number of hydrogen-bond donors (Lipinski definition) is 2. The molecule has 1 atom stereocenters. The van der Waals surface area contributed by atoms with Crippen LogP contribution in [-0.2, 0) is 9.57 Å². The van der Waals surface area contributed by atoms with Gasteiger partial charge in [-0.1, -0.05) is 5.16 Å². The molecule has 0 bridgehead atoms. The summed E-state index contributed by atoms with van der Waals surface area (Å²) in [7, 11) is 5.98. The molecule has 1 aliphatic carbocycles. The maximum atomic E-state index is 12.7. The highest BCUT2D eigenvalue weighted by molar-refractivity contribution is 6.00. The van der Waals surface area contributed by atoms with E-state index in [1.54, 1.807) is 19.1 Å². The number of rotatable bonds is 10. The Balaban J connectivity index is 2.34. The minimum atomic E-state index is -0.867. The van der Waals surface area contributed by atoms with E-state index in [-0.39, 0.29) is 18.2 Å². The molecular weight excluding hydrogens is 404 g/mol. The van der Waals surface area contributed by atoms with Crippen LogP contribution in [0, 0.1) is 5.92 Å². The molecule has 1 fully saturated rings. The zero-order valence-electron chi connectivity index (χ0n) is 18.4. The monoisotopic (exact) mass is 432 g/mol. The number of carbonyl (C=O) groups is 1. The van der Waals surface area contributed by atoms with E-state index in [9.17, 15) is 9.90 Å². The third-order valence-corrected chi connectivity index (χ3v) is 5.17. The number of ether oxygens (including phenoxy) is 4. The van der Waals surface area contributed by atoms with Gasteiger partial charge in [-0.15, -0.1) is 0 Å². The van der Waals surface area contributed by atoms with Gasteiger partial charge in [0.15, 0.2) is 11.5 Å². The van der Waals surface area contributed by atoms with Crippen molar-refractivity contribution >= 4 is 12.2 Å². The van der Waals surface area contributed by atoms with Crippen molar-refractivity contribution in [2.24, 2.45) is 11.1 Å². The van der Waals surface area contributed by atoms with Gasteiger partial charge in [-0.05, 0) is 37.8 Å². The van der Waals surface area contributed by atoms with Crippen LogP contribution in [0.2, 0.25) is 0 Å². The zero-order valence-corrected chi connectivity index (χ0v) is 18.4. The summed E-state index contributed by atoms with van der Waals surface area (Å²) in [4.78, 5) is 20.6. The van der Waals surface area contributed by atoms with Crippen LogP contribution in [0.1, 0.15) is 47.6 Å². The summed E-state index contributed by atoms with van der Waals surface area (Å²) in [5.41, 5.74) is 2.22. The van der Waals surface area contributed by atoms with Crippen LogP contribution in [0.4, 0.5) is 0 Å². The fraction of sp³-hybridized carbons (Fsp3) is 0.455. The smallest absolute Gasteiger partial charge is 0.355 e. The van der Waals surface area contributed by atoms with E-state index >= 15 is 0 Å². The predicted octanol–water partition coefficient (Wildman–Crippen LogP) is 3.31. The molecule has 1 saturated carbocycles. The van der Waals surface area contributed by atoms with E-state index < -0.39 is 12.1 Å². The van der Waals surface area contributed by atoms with Gasteiger partial charge in [-0.25, -0.2) is 4.79 Å². The van der Waals surface area contributed by atoms with Crippen molar-refractivity contribution in [1.82, 2.24) is 4.98 Å².